The van der Waals surface area contributed by atoms with Crippen molar-refractivity contribution in [3.05, 3.63) is 0 Å². The summed E-state index contributed by atoms with van der Waals surface area (Å²) in [7, 11) is 0. The molecule has 1 rings (SSSR count). The maximum atomic E-state index is 8.64. The second-order valence-corrected chi connectivity index (χ2v) is 1.78. The lowest BCUT2D eigenvalue weighted by atomic mass is 10.3. The van der Waals surface area contributed by atoms with Crippen LogP contribution in [-0.2, 0) is 4.74 Å². The van der Waals surface area contributed by atoms with Gasteiger partial charge in [0, 0.05) is 0 Å². The van der Waals surface area contributed by atoms with E-state index < -0.39 is 18.5 Å². The van der Waals surface area contributed by atoms with Gasteiger partial charge in [-0.1, -0.05) is 0 Å². The second-order valence-electron chi connectivity index (χ2n) is 1.78. The normalized spacial score (nSPS) is 47.6. The SMILES string of the molecule is O[C@@H]1CO[13CH](O)[C@H]1O. The average molecular weight is 121 g/mol. The van der Waals surface area contributed by atoms with Crippen molar-refractivity contribution in [2.75, 3.05) is 6.61 Å². The van der Waals surface area contributed by atoms with Crippen molar-refractivity contribution in [3.63, 3.8) is 0 Å². The van der Waals surface area contributed by atoms with E-state index in [1.54, 1.807) is 0 Å². The van der Waals surface area contributed by atoms with Crippen LogP contribution in [0.5, 0.6) is 0 Å². The summed E-state index contributed by atoms with van der Waals surface area (Å²) in [6, 6.07) is 0. The summed E-state index contributed by atoms with van der Waals surface area (Å²) in [5.41, 5.74) is 0. The highest BCUT2D eigenvalue weighted by molar-refractivity contribution is 4.75. The predicted molar refractivity (Wildman–Crippen MR) is 24.0 cm³/mol. The summed E-state index contributed by atoms with van der Waals surface area (Å²) in [5.74, 6) is 0. The lowest BCUT2D eigenvalue weighted by molar-refractivity contribution is -0.111. The topological polar surface area (TPSA) is 69.9 Å². The minimum Gasteiger partial charge on any atom is -0.388 e. The zero-order chi connectivity index (χ0) is 6.15. The Morgan fingerprint density at radius 2 is 1.88 bits per heavy atom. The van der Waals surface area contributed by atoms with Crippen molar-refractivity contribution in [2.24, 2.45) is 0 Å². The van der Waals surface area contributed by atoms with E-state index in [0.717, 1.165) is 0 Å². The van der Waals surface area contributed by atoms with E-state index in [1.165, 1.54) is 0 Å². The summed E-state index contributed by atoms with van der Waals surface area (Å²) in [6.07, 6.45) is -3.26. The van der Waals surface area contributed by atoms with Gasteiger partial charge in [0.2, 0.25) is 0 Å². The number of ether oxygens (including phenoxy) is 1. The van der Waals surface area contributed by atoms with Gasteiger partial charge in [-0.3, -0.25) is 0 Å². The first-order valence-electron chi connectivity index (χ1n) is 2.37. The van der Waals surface area contributed by atoms with E-state index in [0.29, 0.717) is 0 Å². The summed E-state index contributed by atoms with van der Waals surface area (Å²) in [5, 5.41) is 25.8. The molecular weight excluding hydrogens is 113 g/mol. The minimum absolute atomic E-state index is 0.0162. The molecular formula is C4H8O4. The van der Waals surface area contributed by atoms with Crippen molar-refractivity contribution >= 4 is 0 Å². The Morgan fingerprint density at radius 1 is 1.25 bits per heavy atom. The lowest BCUT2D eigenvalue weighted by Gasteiger charge is -2.06. The fourth-order valence-corrected chi connectivity index (χ4v) is 0.584. The molecule has 0 aliphatic carbocycles. The van der Waals surface area contributed by atoms with Gasteiger partial charge in [-0.15, -0.1) is 0 Å². The van der Waals surface area contributed by atoms with E-state index in [4.69, 9.17) is 15.3 Å². The van der Waals surface area contributed by atoms with E-state index >= 15 is 0 Å². The smallest absolute Gasteiger partial charge is 0.183 e. The summed E-state index contributed by atoms with van der Waals surface area (Å²) < 4.78 is 4.43. The van der Waals surface area contributed by atoms with Gasteiger partial charge in [0.1, 0.15) is 12.2 Å². The Hall–Kier alpha value is -0.160. The van der Waals surface area contributed by atoms with Gasteiger partial charge in [0.15, 0.2) is 6.29 Å². The Kier molecular flexibility index (Phi) is 1.48. The molecule has 0 spiro atoms. The zero-order valence-electron chi connectivity index (χ0n) is 4.19. The highest BCUT2D eigenvalue weighted by Crippen LogP contribution is 2.10. The van der Waals surface area contributed by atoms with Gasteiger partial charge >= 0.3 is 0 Å². The second kappa shape index (κ2) is 1.99. The van der Waals surface area contributed by atoms with Crippen LogP contribution in [0.3, 0.4) is 0 Å². The van der Waals surface area contributed by atoms with Crippen molar-refractivity contribution in [3.8, 4) is 0 Å². The van der Waals surface area contributed by atoms with Crippen LogP contribution in [0.25, 0.3) is 0 Å². The number of aliphatic hydroxyl groups excluding tert-OH is 3. The highest BCUT2D eigenvalue weighted by atomic mass is 16.7. The molecule has 0 radical (unpaired) electrons. The van der Waals surface area contributed by atoms with E-state index in [2.05, 4.69) is 4.74 Å². The number of rotatable bonds is 0. The Morgan fingerprint density at radius 3 is 2.00 bits per heavy atom. The average Bonchev–Trinajstić information content (AvgIpc) is 1.98. The maximum Gasteiger partial charge on any atom is 0.183 e. The molecule has 1 aliphatic rings. The molecule has 1 fully saturated rings. The van der Waals surface area contributed by atoms with Crippen LogP contribution in [0, 0.1) is 0 Å². The highest BCUT2D eigenvalue weighted by Gasteiger charge is 2.32. The van der Waals surface area contributed by atoms with Gasteiger partial charge in [-0.25, -0.2) is 0 Å². The van der Waals surface area contributed by atoms with E-state index in [9.17, 15) is 0 Å². The Bertz CT molecular complexity index is 74.1. The lowest BCUT2D eigenvalue weighted by Crippen LogP contribution is -2.29. The van der Waals surface area contributed by atoms with Crippen LogP contribution in [0.1, 0.15) is 0 Å². The van der Waals surface area contributed by atoms with Crippen LogP contribution in [0.15, 0.2) is 0 Å². The van der Waals surface area contributed by atoms with Gasteiger partial charge in [0.05, 0.1) is 6.61 Å². The number of hydrogen-bond acceptors (Lipinski definition) is 4. The molecule has 8 heavy (non-hydrogen) atoms. The molecule has 0 saturated carbocycles. The largest absolute Gasteiger partial charge is 0.388 e. The molecule has 1 saturated heterocycles. The molecule has 3 N–H and O–H groups in total. The molecule has 0 aromatic heterocycles. The van der Waals surface area contributed by atoms with Crippen LogP contribution in [0.2, 0.25) is 0 Å². The fraction of sp³-hybridized carbons (Fsp3) is 1.00. The monoisotopic (exact) mass is 121 g/mol. The van der Waals surface area contributed by atoms with Crippen molar-refractivity contribution in [1.82, 2.24) is 0 Å². The van der Waals surface area contributed by atoms with Gasteiger partial charge < -0.3 is 20.1 Å². The zero-order valence-corrected chi connectivity index (χ0v) is 4.19. The first kappa shape index (κ1) is 5.97. The van der Waals surface area contributed by atoms with Crippen molar-refractivity contribution in [2.45, 2.75) is 18.5 Å². The summed E-state index contributed by atoms with van der Waals surface area (Å²) >= 11 is 0. The van der Waals surface area contributed by atoms with Crippen molar-refractivity contribution < 1.29 is 20.1 Å². The molecule has 1 unspecified atom stereocenters. The van der Waals surface area contributed by atoms with Gasteiger partial charge in [-0.2, -0.15) is 0 Å². The number of hydrogen-bond donors (Lipinski definition) is 3. The molecule has 0 aromatic carbocycles. The third-order valence-electron chi connectivity index (χ3n) is 1.12. The molecule has 0 aromatic rings. The maximum absolute atomic E-state index is 8.64. The first-order chi connectivity index (χ1) is 3.72. The quantitative estimate of drug-likeness (QED) is 0.326. The molecule has 0 amide bonds. The van der Waals surface area contributed by atoms with Crippen molar-refractivity contribution in [1.29, 1.82) is 0 Å². The fourth-order valence-electron chi connectivity index (χ4n) is 0.584. The van der Waals surface area contributed by atoms with E-state index in [-0.39, 0.29) is 6.61 Å². The molecule has 0 bridgehead atoms. The Labute approximate surface area is 46.3 Å². The van der Waals surface area contributed by atoms with Crippen LogP contribution in [0.4, 0.5) is 0 Å². The van der Waals surface area contributed by atoms with Gasteiger partial charge in [0.25, 0.3) is 0 Å². The minimum atomic E-state index is -1.20. The van der Waals surface area contributed by atoms with E-state index in [1.807, 2.05) is 0 Å². The molecule has 4 nitrogen and oxygen atoms in total. The van der Waals surface area contributed by atoms with Crippen LogP contribution < -0.4 is 0 Å². The first-order valence-corrected chi connectivity index (χ1v) is 2.37. The van der Waals surface area contributed by atoms with Gasteiger partial charge in [-0.05, 0) is 0 Å². The third-order valence-corrected chi connectivity index (χ3v) is 1.12. The summed E-state index contributed by atoms with van der Waals surface area (Å²) in [6.45, 7) is 0.0162. The molecule has 1 aliphatic heterocycles. The summed E-state index contributed by atoms with van der Waals surface area (Å²) in [4.78, 5) is 0. The molecule has 4 heteroatoms. The third kappa shape index (κ3) is 0.830. The predicted octanol–water partition coefficient (Wildman–Crippen LogP) is -1.94. The Balaban J connectivity index is 2.44. The van der Waals surface area contributed by atoms with Crippen LogP contribution >= 0.6 is 0 Å². The van der Waals surface area contributed by atoms with Crippen LogP contribution in [-0.4, -0.2) is 40.4 Å². The standard InChI is InChI=1S/C4H8O4/c5-2-1-8-4(7)3(2)6/h2-7H,1H2/t2-,3+,4?/m1/s1/i4+1. The molecule has 48 valence electrons. The number of aliphatic hydroxyl groups is 3. The molecule has 3 atom stereocenters. The molecule has 1 heterocycles.